The van der Waals surface area contributed by atoms with Gasteiger partial charge in [0, 0.05) is 17.1 Å². The topological polar surface area (TPSA) is 54.7 Å². The number of imidazole rings is 1. The van der Waals surface area contributed by atoms with Gasteiger partial charge in [0.05, 0.1) is 16.1 Å². The molecule has 2 aromatic carbocycles. The van der Waals surface area contributed by atoms with Crippen LogP contribution in [0.15, 0.2) is 36.4 Å². The molecule has 0 bridgehead atoms. The first-order valence-corrected chi connectivity index (χ1v) is 6.57. The molecule has 19 heavy (non-hydrogen) atoms. The fraction of sp³-hybridized carbons (Fsp3) is 0.0714. The van der Waals surface area contributed by atoms with Gasteiger partial charge in [-0.05, 0) is 35.9 Å². The smallest absolute Gasteiger partial charge is 0.140 e. The summed E-state index contributed by atoms with van der Waals surface area (Å²) < 4.78 is 0. The summed E-state index contributed by atoms with van der Waals surface area (Å²) in [4.78, 5) is 7.77. The van der Waals surface area contributed by atoms with E-state index in [0.717, 1.165) is 22.2 Å². The molecule has 0 unspecified atom stereocenters. The van der Waals surface area contributed by atoms with Crippen molar-refractivity contribution in [2.75, 3.05) is 0 Å². The minimum absolute atomic E-state index is 0.502. The molecule has 0 aliphatic carbocycles. The molecule has 3 N–H and O–H groups in total. The number of nitrogens with zero attached hydrogens (tertiary/aromatic N) is 1. The number of rotatable bonds is 2. The Morgan fingerprint density at radius 3 is 2.74 bits per heavy atom. The molecule has 3 rings (SSSR count). The summed E-state index contributed by atoms with van der Waals surface area (Å²) >= 11 is 12.2. The second-order valence-corrected chi connectivity index (χ2v) is 5.11. The van der Waals surface area contributed by atoms with Gasteiger partial charge >= 0.3 is 0 Å². The summed E-state index contributed by atoms with van der Waals surface area (Å²) in [6, 6.07) is 11.2. The molecular formula is C14H11Cl2N3. The fourth-order valence-corrected chi connectivity index (χ4v) is 2.37. The quantitative estimate of drug-likeness (QED) is 0.750. The van der Waals surface area contributed by atoms with Gasteiger partial charge < -0.3 is 10.7 Å². The second kappa shape index (κ2) is 4.85. The summed E-state index contributed by atoms with van der Waals surface area (Å²) in [6.07, 6.45) is 0. The number of H-pyrrole nitrogens is 1. The molecule has 0 aliphatic heterocycles. The molecule has 0 saturated carbocycles. The van der Waals surface area contributed by atoms with Crippen molar-refractivity contribution in [3.05, 3.63) is 52.0 Å². The lowest BCUT2D eigenvalue weighted by molar-refractivity contribution is 1.07. The van der Waals surface area contributed by atoms with E-state index in [1.165, 1.54) is 0 Å². The number of hydrogen-bond donors (Lipinski definition) is 2. The standard InChI is InChI=1S/C14H11Cl2N3/c15-9-2-3-11(16)10(6-9)14-18-12-4-1-8(7-17)5-13(12)19-14/h1-6H,7,17H2,(H,18,19). The molecule has 0 radical (unpaired) electrons. The third-order valence-corrected chi connectivity index (χ3v) is 3.53. The van der Waals surface area contributed by atoms with Crippen LogP contribution in [-0.4, -0.2) is 9.97 Å². The Morgan fingerprint density at radius 1 is 1.11 bits per heavy atom. The molecule has 3 nitrogen and oxygen atoms in total. The van der Waals surface area contributed by atoms with Crippen LogP contribution in [0.1, 0.15) is 5.56 Å². The van der Waals surface area contributed by atoms with Gasteiger partial charge in [0.1, 0.15) is 5.82 Å². The van der Waals surface area contributed by atoms with Crippen molar-refractivity contribution in [2.45, 2.75) is 6.54 Å². The van der Waals surface area contributed by atoms with Gasteiger partial charge in [0.15, 0.2) is 0 Å². The van der Waals surface area contributed by atoms with Crippen molar-refractivity contribution in [1.29, 1.82) is 0 Å². The van der Waals surface area contributed by atoms with E-state index in [2.05, 4.69) is 9.97 Å². The number of nitrogens with one attached hydrogen (secondary N) is 1. The minimum atomic E-state index is 0.502. The van der Waals surface area contributed by atoms with Crippen LogP contribution in [0.3, 0.4) is 0 Å². The lowest BCUT2D eigenvalue weighted by Crippen LogP contribution is -1.95. The van der Waals surface area contributed by atoms with Crippen molar-refractivity contribution >= 4 is 34.2 Å². The van der Waals surface area contributed by atoms with Crippen LogP contribution in [0.25, 0.3) is 22.4 Å². The number of nitrogens with two attached hydrogens (primary N) is 1. The Morgan fingerprint density at radius 2 is 1.95 bits per heavy atom. The maximum absolute atomic E-state index is 6.18. The first-order valence-electron chi connectivity index (χ1n) is 5.81. The van der Waals surface area contributed by atoms with Crippen LogP contribution >= 0.6 is 23.2 Å². The van der Waals surface area contributed by atoms with E-state index < -0.39 is 0 Å². The Balaban J connectivity index is 2.17. The van der Waals surface area contributed by atoms with Crippen molar-refractivity contribution in [3.8, 4) is 11.4 Å². The van der Waals surface area contributed by atoms with E-state index in [-0.39, 0.29) is 0 Å². The Labute approximate surface area is 120 Å². The van der Waals surface area contributed by atoms with Crippen LogP contribution in [0.4, 0.5) is 0 Å². The molecule has 0 saturated heterocycles. The van der Waals surface area contributed by atoms with Crippen LogP contribution in [0.2, 0.25) is 10.0 Å². The predicted octanol–water partition coefficient (Wildman–Crippen LogP) is 4.00. The van der Waals surface area contributed by atoms with Crippen LogP contribution in [0, 0.1) is 0 Å². The van der Waals surface area contributed by atoms with E-state index in [1.807, 2.05) is 18.2 Å². The van der Waals surface area contributed by atoms with Gasteiger partial charge in [-0.15, -0.1) is 0 Å². The summed E-state index contributed by atoms with van der Waals surface area (Å²) in [6.45, 7) is 0.502. The van der Waals surface area contributed by atoms with E-state index in [4.69, 9.17) is 28.9 Å². The number of benzene rings is 2. The number of halogens is 2. The Kier molecular flexibility index (Phi) is 3.19. The minimum Gasteiger partial charge on any atom is -0.338 e. The summed E-state index contributed by atoms with van der Waals surface area (Å²) in [7, 11) is 0. The van der Waals surface area contributed by atoms with Crippen molar-refractivity contribution < 1.29 is 0 Å². The number of aromatic amines is 1. The van der Waals surface area contributed by atoms with Crippen LogP contribution in [0.5, 0.6) is 0 Å². The highest BCUT2D eigenvalue weighted by Gasteiger charge is 2.09. The molecule has 1 aromatic heterocycles. The summed E-state index contributed by atoms with van der Waals surface area (Å²) in [5, 5.41) is 1.24. The monoisotopic (exact) mass is 291 g/mol. The molecule has 0 spiro atoms. The highest BCUT2D eigenvalue weighted by molar-refractivity contribution is 6.35. The van der Waals surface area contributed by atoms with Crippen molar-refractivity contribution in [2.24, 2.45) is 5.73 Å². The summed E-state index contributed by atoms with van der Waals surface area (Å²) in [5.74, 6) is 0.705. The maximum atomic E-state index is 6.18. The zero-order valence-corrected chi connectivity index (χ0v) is 11.5. The highest BCUT2D eigenvalue weighted by atomic mass is 35.5. The van der Waals surface area contributed by atoms with E-state index in [9.17, 15) is 0 Å². The van der Waals surface area contributed by atoms with Crippen molar-refractivity contribution in [3.63, 3.8) is 0 Å². The van der Waals surface area contributed by atoms with Gasteiger partial charge in [-0.25, -0.2) is 4.98 Å². The molecular weight excluding hydrogens is 281 g/mol. The van der Waals surface area contributed by atoms with Gasteiger partial charge in [-0.3, -0.25) is 0 Å². The first-order chi connectivity index (χ1) is 9.17. The molecule has 96 valence electrons. The van der Waals surface area contributed by atoms with Crippen LogP contribution in [-0.2, 0) is 6.54 Å². The predicted molar refractivity (Wildman–Crippen MR) is 79.4 cm³/mol. The molecule has 3 aromatic rings. The van der Waals surface area contributed by atoms with Crippen molar-refractivity contribution in [1.82, 2.24) is 9.97 Å². The fourth-order valence-electron chi connectivity index (χ4n) is 1.99. The maximum Gasteiger partial charge on any atom is 0.140 e. The third-order valence-electron chi connectivity index (χ3n) is 2.97. The Bertz CT molecular complexity index is 750. The Hall–Kier alpha value is -1.55. The number of aromatic nitrogens is 2. The van der Waals surface area contributed by atoms with Gasteiger partial charge in [0.25, 0.3) is 0 Å². The van der Waals surface area contributed by atoms with Gasteiger partial charge in [-0.1, -0.05) is 29.3 Å². The third kappa shape index (κ3) is 2.32. The average molecular weight is 292 g/mol. The van der Waals surface area contributed by atoms with E-state index >= 15 is 0 Å². The largest absolute Gasteiger partial charge is 0.338 e. The second-order valence-electron chi connectivity index (χ2n) is 4.27. The lowest BCUT2D eigenvalue weighted by atomic mass is 10.2. The average Bonchev–Trinajstić information content (AvgIpc) is 2.83. The molecule has 0 fully saturated rings. The normalized spacial score (nSPS) is 11.1. The SMILES string of the molecule is NCc1ccc2nc(-c3cc(Cl)ccc3Cl)[nH]c2c1. The van der Waals surface area contributed by atoms with E-state index in [1.54, 1.807) is 18.2 Å². The summed E-state index contributed by atoms with van der Waals surface area (Å²) in [5.41, 5.74) is 9.29. The molecule has 1 heterocycles. The van der Waals surface area contributed by atoms with Gasteiger partial charge in [-0.2, -0.15) is 0 Å². The van der Waals surface area contributed by atoms with Crippen LogP contribution < -0.4 is 5.73 Å². The zero-order chi connectivity index (χ0) is 13.4. The van der Waals surface area contributed by atoms with Gasteiger partial charge in [0.2, 0.25) is 0 Å². The molecule has 5 heteroatoms. The zero-order valence-electron chi connectivity index (χ0n) is 9.95. The number of fused-ring (bicyclic) bond motifs is 1. The lowest BCUT2D eigenvalue weighted by Gasteiger charge is -2.00. The molecule has 0 aliphatic rings. The highest BCUT2D eigenvalue weighted by Crippen LogP contribution is 2.30. The van der Waals surface area contributed by atoms with E-state index in [0.29, 0.717) is 22.4 Å². The number of hydrogen-bond acceptors (Lipinski definition) is 2. The molecule has 0 atom stereocenters. The molecule has 0 amide bonds. The first kappa shape index (κ1) is 12.5.